The van der Waals surface area contributed by atoms with Gasteiger partial charge in [-0.15, -0.1) is 12.4 Å². The van der Waals surface area contributed by atoms with Gasteiger partial charge in [-0.3, -0.25) is 9.48 Å². The fraction of sp³-hybridized carbons (Fsp3) is 0.286. The number of nitrogens with two attached hydrogens (primary N) is 1. The first-order chi connectivity index (χ1) is 9.15. The van der Waals surface area contributed by atoms with Gasteiger partial charge in [-0.2, -0.15) is 5.10 Å². The highest BCUT2D eigenvalue weighted by molar-refractivity contribution is 5.94. The topological polar surface area (TPSA) is 72.9 Å². The maximum Gasteiger partial charge on any atom is 0.251 e. The van der Waals surface area contributed by atoms with Crippen LogP contribution in [0.4, 0.5) is 5.69 Å². The summed E-state index contributed by atoms with van der Waals surface area (Å²) in [5.74, 6) is 0.213. The molecule has 0 radical (unpaired) electrons. The molecule has 5 nitrogen and oxygen atoms in total. The molecule has 20 heavy (non-hydrogen) atoms. The molecule has 0 aliphatic carbocycles. The largest absolute Gasteiger partial charge is 0.399 e. The Labute approximate surface area is 124 Å². The van der Waals surface area contributed by atoms with Gasteiger partial charge in [0.2, 0.25) is 0 Å². The Morgan fingerprint density at radius 1 is 1.45 bits per heavy atom. The third-order valence-corrected chi connectivity index (χ3v) is 2.82. The van der Waals surface area contributed by atoms with Gasteiger partial charge in [0.15, 0.2) is 0 Å². The number of nitrogen functional groups attached to an aromatic ring is 1. The molecule has 1 atom stereocenters. The summed E-state index contributed by atoms with van der Waals surface area (Å²) in [6.45, 7) is 3.46. The van der Waals surface area contributed by atoms with Crippen LogP contribution in [0.2, 0.25) is 0 Å². The Morgan fingerprint density at radius 3 is 2.90 bits per heavy atom. The molecule has 0 spiro atoms. The van der Waals surface area contributed by atoms with Crippen LogP contribution >= 0.6 is 12.4 Å². The summed E-state index contributed by atoms with van der Waals surface area (Å²) < 4.78 is 1.86. The predicted molar refractivity (Wildman–Crippen MR) is 81.8 cm³/mol. The van der Waals surface area contributed by atoms with Crippen LogP contribution in [-0.2, 0) is 6.54 Å². The highest BCUT2D eigenvalue weighted by Gasteiger charge is 2.08. The van der Waals surface area contributed by atoms with Crippen molar-refractivity contribution in [2.75, 3.05) is 12.3 Å². The second-order valence-electron chi connectivity index (χ2n) is 4.67. The van der Waals surface area contributed by atoms with Crippen molar-refractivity contribution in [3.8, 4) is 0 Å². The molecule has 1 heterocycles. The molecule has 0 aliphatic rings. The summed E-state index contributed by atoms with van der Waals surface area (Å²) in [4.78, 5) is 11.9. The number of hydrogen-bond donors (Lipinski definition) is 2. The highest BCUT2D eigenvalue weighted by atomic mass is 35.5. The molecule has 1 aromatic carbocycles. The van der Waals surface area contributed by atoms with E-state index in [0.29, 0.717) is 23.7 Å². The van der Waals surface area contributed by atoms with Crippen molar-refractivity contribution in [1.82, 2.24) is 15.1 Å². The van der Waals surface area contributed by atoms with Crippen LogP contribution in [-0.4, -0.2) is 22.2 Å². The molecule has 1 aromatic heterocycles. The van der Waals surface area contributed by atoms with Gasteiger partial charge in [0.1, 0.15) is 0 Å². The molecule has 108 valence electrons. The van der Waals surface area contributed by atoms with Gasteiger partial charge in [0.05, 0.1) is 0 Å². The number of rotatable bonds is 5. The molecular formula is C14H19ClN4O. The summed E-state index contributed by atoms with van der Waals surface area (Å²) in [6.07, 6.45) is 3.66. The number of amides is 1. The minimum absolute atomic E-state index is 0. The van der Waals surface area contributed by atoms with Gasteiger partial charge in [-0.05, 0) is 30.2 Å². The number of aromatic nitrogens is 2. The van der Waals surface area contributed by atoms with Crippen molar-refractivity contribution < 1.29 is 4.79 Å². The van der Waals surface area contributed by atoms with Crippen molar-refractivity contribution >= 4 is 24.0 Å². The van der Waals surface area contributed by atoms with Crippen LogP contribution < -0.4 is 11.1 Å². The summed E-state index contributed by atoms with van der Waals surface area (Å²) >= 11 is 0. The lowest BCUT2D eigenvalue weighted by molar-refractivity contribution is 0.0946. The summed E-state index contributed by atoms with van der Waals surface area (Å²) in [7, 11) is 0. The molecule has 3 N–H and O–H groups in total. The Hall–Kier alpha value is -2.01. The maximum atomic E-state index is 11.9. The quantitative estimate of drug-likeness (QED) is 0.828. The number of benzene rings is 1. The molecule has 0 fully saturated rings. The average Bonchev–Trinajstić information content (AvgIpc) is 2.88. The molecule has 1 amide bonds. The monoisotopic (exact) mass is 294 g/mol. The second-order valence-corrected chi connectivity index (χ2v) is 4.67. The van der Waals surface area contributed by atoms with E-state index < -0.39 is 0 Å². The number of hydrogen-bond acceptors (Lipinski definition) is 3. The van der Waals surface area contributed by atoms with Crippen LogP contribution in [0.3, 0.4) is 0 Å². The van der Waals surface area contributed by atoms with Crippen LogP contribution in [0.15, 0.2) is 42.7 Å². The second kappa shape index (κ2) is 7.55. The molecule has 1 unspecified atom stereocenters. The SMILES string of the molecule is CC(CNC(=O)c1cccc(N)c1)Cn1cccn1.Cl. The smallest absolute Gasteiger partial charge is 0.251 e. The van der Waals surface area contributed by atoms with Gasteiger partial charge in [0, 0.05) is 36.7 Å². The fourth-order valence-electron chi connectivity index (χ4n) is 1.84. The summed E-state index contributed by atoms with van der Waals surface area (Å²) in [5, 5.41) is 7.04. The maximum absolute atomic E-state index is 11.9. The molecular weight excluding hydrogens is 276 g/mol. The normalized spacial score (nSPS) is 11.4. The van der Waals surface area contributed by atoms with Crippen molar-refractivity contribution in [1.29, 1.82) is 0 Å². The zero-order valence-corrected chi connectivity index (χ0v) is 12.1. The van der Waals surface area contributed by atoms with E-state index in [2.05, 4.69) is 17.3 Å². The molecule has 2 aromatic rings. The first-order valence-corrected chi connectivity index (χ1v) is 6.26. The molecule has 0 aliphatic heterocycles. The van der Waals surface area contributed by atoms with Crippen molar-refractivity contribution in [2.24, 2.45) is 5.92 Å². The van der Waals surface area contributed by atoms with E-state index in [1.54, 1.807) is 30.5 Å². The zero-order chi connectivity index (χ0) is 13.7. The Morgan fingerprint density at radius 2 is 2.25 bits per heavy atom. The van der Waals surface area contributed by atoms with Gasteiger partial charge in [-0.25, -0.2) is 0 Å². The Balaban J connectivity index is 0.00000200. The van der Waals surface area contributed by atoms with Crippen LogP contribution in [0.1, 0.15) is 17.3 Å². The van der Waals surface area contributed by atoms with Crippen molar-refractivity contribution in [2.45, 2.75) is 13.5 Å². The average molecular weight is 295 g/mol. The minimum atomic E-state index is -0.0976. The third-order valence-electron chi connectivity index (χ3n) is 2.82. The third kappa shape index (κ3) is 4.59. The lowest BCUT2D eigenvalue weighted by atomic mass is 10.1. The van der Waals surface area contributed by atoms with E-state index >= 15 is 0 Å². The molecule has 2 rings (SSSR count). The summed E-state index contributed by atoms with van der Waals surface area (Å²) in [5.41, 5.74) is 6.83. The predicted octanol–water partition coefficient (Wildman–Crippen LogP) is 1.95. The van der Waals surface area contributed by atoms with E-state index in [0.717, 1.165) is 6.54 Å². The number of carbonyl (C=O) groups is 1. The van der Waals surface area contributed by atoms with Gasteiger partial charge in [-0.1, -0.05) is 13.0 Å². The number of nitrogens with zero attached hydrogens (tertiary/aromatic N) is 2. The number of nitrogens with one attached hydrogen (secondary N) is 1. The van der Waals surface area contributed by atoms with Crippen molar-refractivity contribution in [3.05, 3.63) is 48.3 Å². The molecule has 6 heteroatoms. The lowest BCUT2D eigenvalue weighted by Crippen LogP contribution is -2.30. The Bertz CT molecular complexity index is 542. The van der Waals surface area contributed by atoms with Crippen LogP contribution in [0, 0.1) is 5.92 Å². The molecule has 0 bridgehead atoms. The van der Waals surface area contributed by atoms with Gasteiger partial charge < -0.3 is 11.1 Å². The van der Waals surface area contributed by atoms with E-state index in [9.17, 15) is 4.79 Å². The van der Waals surface area contributed by atoms with E-state index in [-0.39, 0.29) is 18.3 Å². The molecule has 0 saturated heterocycles. The highest BCUT2D eigenvalue weighted by Crippen LogP contribution is 2.06. The minimum Gasteiger partial charge on any atom is -0.399 e. The van der Waals surface area contributed by atoms with Gasteiger partial charge >= 0.3 is 0 Å². The number of halogens is 1. The fourth-order valence-corrected chi connectivity index (χ4v) is 1.84. The number of carbonyl (C=O) groups excluding carboxylic acids is 1. The zero-order valence-electron chi connectivity index (χ0n) is 11.3. The van der Waals surface area contributed by atoms with E-state index in [1.807, 2.05) is 16.9 Å². The van der Waals surface area contributed by atoms with Crippen LogP contribution in [0.5, 0.6) is 0 Å². The molecule has 0 saturated carbocycles. The van der Waals surface area contributed by atoms with Gasteiger partial charge in [0.25, 0.3) is 5.91 Å². The lowest BCUT2D eigenvalue weighted by Gasteiger charge is -2.13. The van der Waals surface area contributed by atoms with Crippen molar-refractivity contribution in [3.63, 3.8) is 0 Å². The van der Waals surface area contributed by atoms with E-state index in [4.69, 9.17) is 5.73 Å². The standard InChI is InChI=1S/C14H18N4O.ClH/c1-11(10-18-7-3-6-17-18)9-16-14(19)12-4-2-5-13(15)8-12;/h2-8,11H,9-10,15H2,1H3,(H,16,19);1H. The first-order valence-electron chi connectivity index (χ1n) is 6.26. The van der Waals surface area contributed by atoms with E-state index in [1.165, 1.54) is 0 Å². The number of anilines is 1. The van der Waals surface area contributed by atoms with Crippen LogP contribution in [0.25, 0.3) is 0 Å². The summed E-state index contributed by atoms with van der Waals surface area (Å²) in [6, 6.07) is 8.85. The first kappa shape index (κ1) is 16.0. The Kier molecular flexibility index (Phi) is 6.06.